The molecule has 0 radical (unpaired) electrons. The highest BCUT2D eigenvalue weighted by molar-refractivity contribution is 7.52. The fraction of sp³-hybridized carbons (Fsp3) is 0.478. The fourth-order valence-electron chi connectivity index (χ4n) is 3.66. The van der Waals surface area contributed by atoms with Gasteiger partial charge in [0.2, 0.25) is 5.82 Å². The van der Waals surface area contributed by atoms with Crippen molar-refractivity contribution in [3.63, 3.8) is 0 Å². The molecule has 38 heavy (non-hydrogen) atoms. The molecule has 1 fully saturated rings. The molecule has 2 aromatic rings. The van der Waals surface area contributed by atoms with Crippen LogP contribution in [0.1, 0.15) is 33.9 Å². The number of H-pyrrole nitrogens is 1. The van der Waals surface area contributed by atoms with E-state index < -0.39 is 73.4 Å². The van der Waals surface area contributed by atoms with Gasteiger partial charge >= 0.3 is 19.4 Å². The molecule has 13 nitrogen and oxygen atoms in total. The van der Waals surface area contributed by atoms with Crippen LogP contribution >= 0.6 is 7.75 Å². The molecule has 6 atom stereocenters. The Morgan fingerprint density at radius 2 is 2.00 bits per heavy atom. The number of rotatable bonds is 10. The first kappa shape index (κ1) is 29.2. The topological polar surface area (TPSA) is 182 Å². The lowest BCUT2D eigenvalue weighted by atomic mass is 9.84. The molecule has 3 N–H and O–H groups in total. The van der Waals surface area contributed by atoms with E-state index in [2.05, 4.69) is 5.09 Å². The maximum atomic E-state index is 13.9. The van der Waals surface area contributed by atoms with Crippen molar-refractivity contribution in [2.24, 2.45) is 5.41 Å². The molecule has 0 aliphatic carbocycles. The molecule has 0 saturated carbocycles. The Bertz CT molecular complexity index is 1360. The summed E-state index contributed by atoms with van der Waals surface area (Å²) in [5, 5.41) is 23.1. The van der Waals surface area contributed by atoms with Crippen LogP contribution < -0.4 is 20.9 Å². The first-order chi connectivity index (χ1) is 17.8. The van der Waals surface area contributed by atoms with E-state index in [0.717, 1.165) is 0 Å². The molecule has 1 aromatic carbocycles. The highest BCUT2D eigenvalue weighted by Gasteiger charge is 2.55. The Morgan fingerprint density at radius 3 is 2.61 bits per heavy atom. The van der Waals surface area contributed by atoms with Gasteiger partial charge in [0.15, 0.2) is 6.23 Å². The third-order valence-corrected chi connectivity index (χ3v) is 7.28. The lowest BCUT2D eigenvalue weighted by molar-refractivity contribution is -0.149. The van der Waals surface area contributed by atoms with E-state index in [0.29, 0.717) is 10.8 Å². The van der Waals surface area contributed by atoms with Gasteiger partial charge in [0.25, 0.3) is 5.56 Å². The van der Waals surface area contributed by atoms with E-state index in [1.807, 2.05) is 6.07 Å². The number of hydrogen-bond acceptors (Lipinski definition) is 10. The molecule has 0 amide bonds. The van der Waals surface area contributed by atoms with Gasteiger partial charge in [0.1, 0.15) is 29.4 Å². The zero-order valence-electron chi connectivity index (χ0n) is 21.0. The molecule has 206 valence electrons. The summed E-state index contributed by atoms with van der Waals surface area (Å²) >= 11 is 0. The molecule has 0 bridgehead atoms. The van der Waals surface area contributed by atoms with Crippen LogP contribution in [0, 0.1) is 22.6 Å². The average Bonchev–Trinajstić information content (AvgIpc) is 3.10. The van der Waals surface area contributed by atoms with E-state index in [1.165, 1.54) is 26.0 Å². The number of nitrogens with zero attached hydrogens (tertiary/aromatic N) is 2. The van der Waals surface area contributed by atoms with Gasteiger partial charge in [-0.2, -0.15) is 14.7 Å². The summed E-state index contributed by atoms with van der Waals surface area (Å²) < 4.78 is 50.0. The fourth-order valence-corrected chi connectivity index (χ4v) is 5.16. The van der Waals surface area contributed by atoms with E-state index in [9.17, 15) is 33.7 Å². The molecule has 0 unspecified atom stereocenters. The molecule has 1 aliphatic heterocycles. The number of esters is 1. The average molecular weight is 554 g/mol. The van der Waals surface area contributed by atoms with Crippen molar-refractivity contribution >= 4 is 13.7 Å². The van der Waals surface area contributed by atoms with Gasteiger partial charge in [-0.05, 0) is 39.8 Å². The summed E-state index contributed by atoms with van der Waals surface area (Å²) in [4.78, 5) is 37.8. The van der Waals surface area contributed by atoms with Crippen LogP contribution in [0.3, 0.4) is 0 Å². The number of nitriles is 1. The predicted octanol–water partition coefficient (Wildman–Crippen LogP) is 1.60. The molecule has 1 aliphatic rings. The largest absolute Gasteiger partial charge is 0.462 e. The van der Waals surface area contributed by atoms with Crippen LogP contribution in [0.5, 0.6) is 5.75 Å². The molecular weight excluding hydrogens is 526 g/mol. The Hall–Kier alpha value is -3.34. The first-order valence-corrected chi connectivity index (χ1v) is 13.1. The number of hydrogen-bond donors (Lipinski definition) is 3. The third kappa shape index (κ3) is 6.38. The highest BCUT2D eigenvalue weighted by atomic mass is 31.2. The Morgan fingerprint density at radius 1 is 1.34 bits per heavy atom. The van der Waals surface area contributed by atoms with E-state index >= 15 is 0 Å². The second kappa shape index (κ2) is 11.6. The smallest absolute Gasteiger partial charge is 0.459 e. The van der Waals surface area contributed by atoms with Crippen LogP contribution in [0.25, 0.3) is 0 Å². The van der Waals surface area contributed by atoms with Crippen molar-refractivity contribution in [1.29, 1.82) is 5.26 Å². The normalized spacial score (nSPS) is 25.4. The molecule has 2 heterocycles. The van der Waals surface area contributed by atoms with Crippen LogP contribution in [0.15, 0.2) is 46.1 Å². The number of benzene rings is 1. The van der Waals surface area contributed by atoms with Crippen molar-refractivity contribution < 1.29 is 37.4 Å². The molecular formula is C23H28FN4O9P. The minimum Gasteiger partial charge on any atom is -0.462 e. The number of aliphatic hydroxyl groups excluding tert-OH is 1. The third-order valence-electron chi connectivity index (χ3n) is 5.64. The maximum absolute atomic E-state index is 13.9. The highest BCUT2D eigenvalue weighted by Crippen LogP contribution is 2.48. The number of para-hydroxylation sites is 1. The van der Waals surface area contributed by atoms with E-state index in [4.69, 9.17) is 18.5 Å². The molecule has 15 heteroatoms. The van der Waals surface area contributed by atoms with Crippen LogP contribution in [0.2, 0.25) is 0 Å². The van der Waals surface area contributed by atoms with Crippen molar-refractivity contribution in [2.45, 2.75) is 58.3 Å². The zero-order valence-corrected chi connectivity index (χ0v) is 21.9. The Balaban J connectivity index is 1.86. The number of aromatic amines is 1. The Labute approximate surface area is 216 Å². The quantitative estimate of drug-likeness (QED) is 0.286. The van der Waals surface area contributed by atoms with Gasteiger partial charge in [0.05, 0.1) is 25.0 Å². The Kier molecular flexibility index (Phi) is 8.91. The SMILES string of the molecule is CC(C)OC(=O)[C@@H](C)N[P@](=O)(OC[C@H]1O[C@@H](n2cc(F)c(=O)[nH]c2=O)[C@](C)(C#N)[C@@H]1O)Oc1ccccc1. The van der Waals surface area contributed by atoms with Gasteiger partial charge in [-0.3, -0.25) is 23.7 Å². The lowest BCUT2D eigenvalue weighted by Gasteiger charge is -2.26. The number of nitrogens with one attached hydrogen (secondary N) is 2. The molecule has 3 rings (SSSR count). The minimum absolute atomic E-state index is 0.135. The lowest BCUT2D eigenvalue weighted by Crippen LogP contribution is -2.41. The van der Waals surface area contributed by atoms with Crippen molar-refractivity contribution in [2.75, 3.05) is 6.61 Å². The van der Waals surface area contributed by atoms with E-state index in [1.54, 1.807) is 37.0 Å². The summed E-state index contributed by atoms with van der Waals surface area (Å²) in [6.45, 7) is 5.29. The maximum Gasteiger partial charge on any atom is 0.459 e. The standard InChI is InChI=1S/C23H28FN4O9P/c1-13(2)35-20(31)14(3)27-38(33,37-15-8-6-5-7-9-15)34-11-17-18(29)23(4,12-25)21(36-17)28-10-16(24)19(30)26-22(28)32/h5-10,13-14,17-18,21,29H,11H2,1-4H3,(H,27,33)(H,26,30,32)/t14-,17-,18-,21-,23-,38+/m1/s1. The number of carbonyl (C=O) groups is 1. The summed E-state index contributed by atoms with van der Waals surface area (Å²) in [6.07, 6.45) is -4.40. The summed E-state index contributed by atoms with van der Waals surface area (Å²) in [5.74, 6) is -1.90. The van der Waals surface area contributed by atoms with E-state index in [-0.39, 0.29) is 5.75 Å². The summed E-state index contributed by atoms with van der Waals surface area (Å²) in [5.41, 5.74) is -4.15. The second-order valence-corrected chi connectivity index (χ2v) is 10.7. The van der Waals surface area contributed by atoms with Gasteiger partial charge in [0, 0.05) is 0 Å². The minimum atomic E-state index is -4.34. The summed E-state index contributed by atoms with van der Waals surface area (Å²) in [6, 6.07) is 8.63. The van der Waals surface area contributed by atoms with Gasteiger partial charge in [-0.1, -0.05) is 18.2 Å². The molecule has 1 aromatic heterocycles. The second-order valence-electron chi connectivity index (χ2n) is 9.04. The predicted molar refractivity (Wildman–Crippen MR) is 129 cm³/mol. The number of ether oxygens (including phenoxy) is 2. The van der Waals surface area contributed by atoms with Crippen LogP contribution in [0.4, 0.5) is 4.39 Å². The van der Waals surface area contributed by atoms with Gasteiger partial charge in [-0.25, -0.2) is 9.36 Å². The number of halogens is 1. The molecule has 1 saturated heterocycles. The van der Waals surface area contributed by atoms with Gasteiger partial charge in [-0.15, -0.1) is 0 Å². The van der Waals surface area contributed by atoms with Crippen molar-refractivity contribution in [1.82, 2.24) is 14.6 Å². The van der Waals surface area contributed by atoms with Crippen molar-refractivity contribution in [3.05, 3.63) is 63.2 Å². The first-order valence-electron chi connectivity index (χ1n) is 11.5. The van der Waals surface area contributed by atoms with Gasteiger partial charge < -0.3 is 19.1 Å². The van der Waals surface area contributed by atoms with Crippen LogP contribution in [-0.2, 0) is 23.4 Å². The number of aromatic nitrogens is 2. The molecule has 0 spiro atoms. The number of carbonyl (C=O) groups excluding carboxylic acids is 1. The number of aliphatic hydroxyl groups is 1. The zero-order chi connectivity index (χ0) is 28.3. The monoisotopic (exact) mass is 554 g/mol. The van der Waals surface area contributed by atoms with Crippen molar-refractivity contribution in [3.8, 4) is 11.8 Å². The van der Waals surface area contributed by atoms with Crippen LogP contribution in [-0.4, -0.2) is 51.6 Å². The summed E-state index contributed by atoms with van der Waals surface area (Å²) in [7, 11) is -4.34.